The lowest BCUT2D eigenvalue weighted by Gasteiger charge is -2.13. The van der Waals surface area contributed by atoms with Crippen LogP contribution in [-0.2, 0) is 11.2 Å². The molecule has 6 nitrogen and oxygen atoms in total. The molecule has 158 valence electrons. The summed E-state index contributed by atoms with van der Waals surface area (Å²) in [6, 6.07) is 13.6. The van der Waals surface area contributed by atoms with Crippen molar-refractivity contribution in [3.05, 3.63) is 60.4 Å². The van der Waals surface area contributed by atoms with E-state index in [0.29, 0.717) is 16.7 Å². The summed E-state index contributed by atoms with van der Waals surface area (Å²) in [5.41, 5.74) is 2.93. The Morgan fingerprint density at radius 1 is 1.13 bits per heavy atom. The first kappa shape index (κ1) is 21.8. The molecule has 1 heterocycles. The van der Waals surface area contributed by atoms with Gasteiger partial charge in [-0.05, 0) is 42.7 Å². The van der Waals surface area contributed by atoms with Gasteiger partial charge in [-0.1, -0.05) is 37.2 Å². The molecule has 0 aliphatic heterocycles. The van der Waals surface area contributed by atoms with Gasteiger partial charge in [0.25, 0.3) is 0 Å². The third-order valence-electron chi connectivity index (χ3n) is 4.64. The molecule has 0 saturated carbocycles. The molecule has 0 aliphatic carbocycles. The predicted octanol–water partition coefficient (Wildman–Crippen LogP) is 4.96. The number of anilines is 1. The van der Waals surface area contributed by atoms with Crippen LogP contribution >= 0.6 is 11.8 Å². The molecule has 0 fully saturated rings. The largest absolute Gasteiger partial charge is 0.497 e. The number of methoxy groups -OCH3 is 2. The number of ether oxygens (including phenoxy) is 2. The molecule has 1 amide bonds. The number of imidazole rings is 1. The zero-order valence-corrected chi connectivity index (χ0v) is 18.4. The summed E-state index contributed by atoms with van der Waals surface area (Å²) in [7, 11) is 3.23. The second kappa shape index (κ2) is 10.7. The van der Waals surface area contributed by atoms with E-state index in [1.807, 2.05) is 41.1 Å². The van der Waals surface area contributed by atoms with Crippen molar-refractivity contribution in [2.45, 2.75) is 31.3 Å². The molecule has 2 aromatic carbocycles. The lowest BCUT2D eigenvalue weighted by Crippen LogP contribution is -2.14. The van der Waals surface area contributed by atoms with Crippen molar-refractivity contribution in [1.29, 1.82) is 0 Å². The number of carbonyl (C=O) groups is 1. The number of hydrogen-bond acceptors (Lipinski definition) is 5. The number of aromatic nitrogens is 2. The van der Waals surface area contributed by atoms with Gasteiger partial charge in [-0.25, -0.2) is 4.98 Å². The van der Waals surface area contributed by atoms with Crippen molar-refractivity contribution in [2.24, 2.45) is 0 Å². The Hall–Kier alpha value is -2.93. The lowest BCUT2D eigenvalue weighted by atomic mass is 10.1. The van der Waals surface area contributed by atoms with Gasteiger partial charge < -0.3 is 14.8 Å². The van der Waals surface area contributed by atoms with Crippen LogP contribution in [0.15, 0.2) is 60.0 Å². The normalized spacial score (nSPS) is 10.6. The smallest absolute Gasteiger partial charge is 0.234 e. The fourth-order valence-corrected chi connectivity index (χ4v) is 3.79. The van der Waals surface area contributed by atoms with Gasteiger partial charge >= 0.3 is 0 Å². The number of thioether (sulfide) groups is 1. The van der Waals surface area contributed by atoms with Gasteiger partial charge in [-0.15, -0.1) is 0 Å². The highest BCUT2D eigenvalue weighted by molar-refractivity contribution is 7.99. The second-order valence-corrected chi connectivity index (χ2v) is 7.70. The maximum atomic E-state index is 12.4. The molecule has 3 aromatic rings. The summed E-state index contributed by atoms with van der Waals surface area (Å²) in [5, 5.41) is 3.66. The van der Waals surface area contributed by atoms with Gasteiger partial charge in [0, 0.05) is 24.1 Å². The highest BCUT2D eigenvalue weighted by Crippen LogP contribution is 2.30. The van der Waals surface area contributed by atoms with E-state index in [2.05, 4.69) is 29.4 Å². The predicted molar refractivity (Wildman–Crippen MR) is 121 cm³/mol. The van der Waals surface area contributed by atoms with Gasteiger partial charge in [0.15, 0.2) is 5.16 Å². The third kappa shape index (κ3) is 5.57. The van der Waals surface area contributed by atoms with Crippen LogP contribution in [0, 0.1) is 0 Å². The average Bonchev–Trinajstić information content (AvgIpc) is 3.25. The maximum Gasteiger partial charge on any atom is 0.234 e. The first-order valence-corrected chi connectivity index (χ1v) is 10.9. The first-order valence-electron chi connectivity index (χ1n) is 9.92. The van der Waals surface area contributed by atoms with Crippen LogP contribution < -0.4 is 14.8 Å². The molecule has 0 atom stereocenters. The number of rotatable bonds is 10. The monoisotopic (exact) mass is 425 g/mol. The Morgan fingerprint density at radius 2 is 1.93 bits per heavy atom. The molecule has 0 bridgehead atoms. The molecule has 30 heavy (non-hydrogen) atoms. The van der Waals surface area contributed by atoms with E-state index in [4.69, 9.17) is 9.47 Å². The van der Waals surface area contributed by atoms with Crippen LogP contribution in [0.4, 0.5) is 5.69 Å². The fraction of sp³-hybridized carbons (Fsp3) is 0.304. The number of benzene rings is 2. The number of amides is 1. The molecule has 1 N–H and O–H groups in total. The summed E-state index contributed by atoms with van der Waals surface area (Å²) < 4.78 is 12.6. The van der Waals surface area contributed by atoms with Crippen LogP contribution in [0.25, 0.3) is 5.69 Å². The maximum absolute atomic E-state index is 12.4. The summed E-state index contributed by atoms with van der Waals surface area (Å²) in [5.74, 6) is 1.57. The third-order valence-corrected chi connectivity index (χ3v) is 5.61. The van der Waals surface area contributed by atoms with Crippen molar-refractivity contribution in [1.82, 2.24) is 9.55 Å². The van der Waals surface area contributed by atoms with Crippen molar-refractivity contribution in [2.75, 3.05) is 25.3 Å². The van der Waals surface area contributed by atoms with Crippen molar-refractivity contribution < 1.29 is 14.3 Å². The first-order chi connectivity index (χ1) is 14.6. The summed E-state index contributed by atoms with van der Waals surface area (Å²) >= 11 is 1.37. The average molecular weight is 426 g/mol. The Morgan fingerprint density at radius 3 is 2.63 bits per heavy atom. The van der Waals surface area contributed by atoms with Gasteiger partial charge in [-0.2, -0.15) is 0 Å². The van der Waals surface area contributed by atoms with Gasteiger partial charge in [-0.3, -0.25) is 9.36 Å². The van der Waals surface area contributed by atoms with Crippen LogP contribution in [-0.4, -0.2) is 35.4 Å². The SMILES string of the molecule is CCCCc1ccc(NC(=O)CSc2nccn2-c2ccc(OC)cc2OC)cc1. The Bertz CT molecular complexity index is 970. The molecular weight excluding hydrogens is 398 g/mol. The van der Waals surface area contributed by atoms with E-state index in [1.165, 1.54) is 30.2 Å². The Kier molecular flexibility index (Phi) is 7.79. The van der Waals surface area contributed by atoms with E-state index in [1.54, 1.807) is 20.4 Å². The van der Waals surface area contributed by atoms with Crippen LogP contribution in [0.1, 0.15) is 25.3 Å². The van der Waals surface area contributed by atoms with Crippen LogP contribution in [0.5, 0.6) is 11.5 Å². The number of carbonyl (C=O) groups excluding carboxylic acids is 1. The van der Waals surface area contributed by atoms with Gasteiger partial charge in [0.1, 0.15) is 11.5 Å². The molecule has 3 rings (SSSR count). The molecule has 0 spiro atoms. The Balaban J connectivity index is 1.62. The minimum atomic E-state index is -0.0717. The highest BCUT2D eigenvalue weighted by Gasteiger charge is 2.13. The highest BCUT2D eigenvalue weighted by atomic mass is 32.2. The molecule has 0 aliphatic rings. The second-order valence-electron chi connectivity index (χ2n) is 6.75. The summed E-state index contributed by atoms with van der Waals surface area (Å²) in [6.45, 7) is 2.18. The minimum Gasteiger partial charge on any atom is -0.497 e. The molecule has 0 saturated heterocycles. The van der Waals surface area contributed by atoms with E-state index >= 15 is 0 Å². The van der Waals surface area contributed by atoms with Crippen molar-refractivity contribution in [3.63, 3.8) is 0 Å². The zero-order chi connectivity index (χ0) is 21.3. The number of unbranched alkanes of at least 4 members (excludes halogenated alkanes) is 1. The zero-order valence-electron chi connectivity index (χ0n) is 17.6. The number of aryl methyl sites for hydroxylation is 1. The fourth-order valence-electron chi connectivity index (χ4n) is 3.03. The van der Waals surface area contributed by atoms with Crippen molar-refractivity contribution in [3.8, 4) is 17.2 Å². The van der Waals surface area contributed by atoms with E-state index in [-0.39, 0.29) is 11.7 Å². The topological polar surface area (TPSA) is 65.4 Å². The molecule has 1 aromatic heterocycles. The molecule has 0 radical (unpaired) electrons. The number of nitrogens with one attached hydrogen (secondary N) is 1. The van der Waals surface area contributed by atoms with E-state index in [9.17, 15) is 4.79 Å². The number of nitrogens with zero attached hydrogens (tertiary/aromatic N) is 2. The standard InChI is InChI=1S/C23H27N3O3S/c1-4-5-6-17-7-9-18(10-8-17)25-22(27)16-30-23-24-13-14-26(23)20-12-11-19(28-2)15-21(20)29-3/h7-15H,4-6,16H2,1-3H3,(H,25,27). The summed E-state index contributed by atoms with van der Waals surface area (Å²) in [6.07, 6.45) is 6.97. The van der Waals surface area contributed by atoms with E-state index in [0.717, 1.165) is 17.8 Å². The quantitative estimate of drug-likeness (QED) is 0.465. The van der Waals surface area contributed by atoms with Gasteiger partial charge in [0.2, 0.25) is 5.91 Å². The molecule has 0 unspecified atom stereocenters. The summed E-state index contributed by atoms with van der Waals surface area (Å²) in [4.78, 5) is 16.8. The lowest BCUT2D eigenvalue weighted by molar-refractivity contribution is -0.113. The Labute approximate surface area is 181 Å². The molecule has 7 heteroatoms. The minimum absolute atomic E-state index is 0.0717. The van der Waals surface area contributed by atoms with Crippen molar-refractivity contribution >= 4 is 23.4 Å². The van der Waals surface area contributed by atoms with Crippen LogP contribution in [0.3, 0.4) is 0 Å². The van der Waals surface area contributed by atoms with Crippen LogP contribution in [0.2, 0.25) is 0 Å². The molecular formula is C23H27N3O3S. The van der Waals surface area contributed by atoms with E-state index < -0.39 is 0 Å². The van der Waals surface area contributed by atoms with Gasteiger partial charge in [0.05, 0.1) is 25.7 Å². The number of hydrogen-bond donors (Lipinski definition) is 1.